The molecule has 3 rings (SSSR count). The maximum absolute atomic E-state index is 3.95. The van der Waals surface area contributed by atoms with Gasteiger partial charge in [-0.3, -0.25) is 6.08 Å². The van der Waals surface area contributed by atoms with Crippen LogP contribution in [0.1, 0.15) is 41.5 Å². The SMILES string of the molecule is CC1=[C-]C(C)([Si](c2ccccc2)(c2ccccc2)C(C)C)C(C)=C1C.[CH3-].[CH3-].[CH3-].[Ti+4]. The Kier molecular flexibility index (Phi) is 11.7. The van der Waals surface area contributed by atoms with E-state index in [1.807, 2.05) is 0 Å². The second kappa shape index (κ2) is 11.3. The zero-order chi connectivity index (χ0) is 18.2. The van der Waals surface area contributed by atoms with E-state index in [2.05, 4.69) is 108 Å². The normalized spacial score (nSPS) is 18.1. The van der Waals surface area contributed by atoms with E-state index >= 15 is 0 Å². The van der Waals surface area contributed by atoms with E-state index in [1.165, 1.54) is 27.1 Å². The first kappa shape index (κ1) is 30.0. The van der Waals surface area contributed by atoms with Gasteiger partial charge < -0.3 is 22.3 Å². The molecule has 1 unspecified atom stereocenters. The first-order valence-corrected chi connectivity index (χ1v) is 11.3. The summed E-state index contributed by atoms with van der Waals surface area (Å²) < 4.78 is 0. The summed E-state index contributed by atoms with van der Waals surface area (Å²) in [6, 6.07) is 22.4. The molecule has 1 atom stereocenters. The zero-order valence-corrected chi connectivity index (χ0v) is 22.4. The largest absolute Gasteiger partial charge is 4.00 e. The smallest absolute Gasteiger partial charge is 0.358 e. The van der Waals surface area contributed by atoms with Crippen LogP contribution in [-0.4, -0.2) is 8.07 Å². The number of allylic oxidation sites excluding steroid dienone is 4. The Morgan fingerprint density at radius 1 is 0.759 bits per heavy atom. The van der Waals surface area contributed by atoms with Gasteiger partial charge in [0.15, 0.2) is 0 Å². The molecule has 0 aliphatic heterocycles. The van der Waals surface area contributed by atoms with Crippen LogP contribution in [0.5, 0.6) is 0 Å². The average Bonchev–Trinajstić information content (AvgIpc) is 2.81. The third-order valence-electron chi connectivity index (χ3n) is 6.43. The van der Waals surface area contributed by atoms with Crippen molar-refractivity contribution in [1.82, 2.24) is 0 Å². The second-order valence-corrected chi connectivity index (χ2v) is 12.7. The van der Waals surface area contributed by atoms with E-state index in [4.69, 9.17) is 0 Å². The number of hydrogen-bond acceptors (Lipinski definition) is 0. The van der Waals surface area contributed by atoms with E-state index in [0.29, 0.717) is 5.54 Å². The fraction of sp³-hybridized carbons (Fsp3) is 0.296. The van der Waals surface area contributed by atoms with Crippen LogP contribution in [0.15, 0.2) is 77.4 Å². The van der Waals surface area contributed by atoms with Crippen molar-refractivity contribution < 1.29 is 21.7 Å². The number of benzene rings is 2. The monoisotopic (exact) mass is 438 g/mol. The summed E-state index contributed by atoms with van der Waals surface area (Å²) in [4.78, 5) is 0. The summed E-state index contributed by atoms with van der Waals surface area (Å²) in [5, 5.41) is 2.99. The van der Waals surface area contributed by atoms with Gasteiger partial charge >= 0.3 is 21.7 Å². The Balaban J connectivity index is 0. The Labute approximate surface area is 197 Å². The van der Waals surface area contributed by atoms with E-state index in [1.54, 1.807) is 0 Å². The molecule has 0 nitrogen and oxygen atoms in total. The molecule has 2 aromatic rings. The van der Waals surface area contributed by atoms with Crippen LogP contribution in [0.25, 0.3) is 0 Å². The molecular formula is C27H38SiTi. The van der Waals surface area contributed by atoms with Crippen LogP contribution in [0.3, 0.4) is 0 Å². The molecule has 1 aliphatic carbocycles. The molecule has 29 heavy (non-hydrogen) atoms. The van der Waals surface area contributed by atoms with Crippen LogP contribution in [0, 0.1) is 28.4 Å². The Morgan fingerprint density at radius 2 is 1.14 bits per heavy atom. The van der Waals surface area contributed by atoms with Crippen LogP contribution in [-0.2, 0) is 21.7 Å². The zero-order valence-electron chi connectivity index (χ0n) is 19.9. The van der Waals surface area contributed by atoms with Gasteiger partial charge in [-0.1, -0.05) is 111 Å². The van der Waals surface area contributed by atoms with Crippen molar-refractivity contribution in [2.24, 2.45) is 0 Å². The van der Waals surface area contributed by atoms with E-state index in [9.17, 15) is 0 Å². The molecule has 0 fully saturated rings. The summed E-state index contributed by atoms with van der Waals surface area (Å²) >= 11 is 0. The van der Waals surface area contributed by atoms with Crippen molar-refractivity contribution in [3.8, 4) is 0 Å². The van der Waals surface area contributed by atoms with Gasteiger partial charge in [0.25, 0.3) is 0 Å². The summed E-state index contributed by atoms with van der Waals surface area (Å²) in [6.07, 6.45) is 3.95. The molecule has 0 saturated carbocycles. The van der Waals surface area contributed by atoms with Crippen molar-refractivity contribution >= 4 is 18.4 Å². The van der Waals surface area contributed by atoms with E-state index in [-0.39, 0.29) is 49.0 Å². The Bertz CT molecular complexity index is 779. The fourth-order valence-corrected chi connectivity index (χ4v) is 11.6. The van der Waals surface area contributed by atoms with Gasteiger partial charge in [0.05, 0.1) is 0 Å². The predicted octanol–water partition coefficient (Wildman–Crippen LogP) is 6.87. The molecule has 1 aliphatic rings. The van der Waals surface area contributed by atoms with Crippen molar-refractivity contribution in [1.29, 1.82) is 0 Å². The number of rotatable bonds is 4. The third kappa shape index (κ3) is 4.48. The van der Waals surface area contributed by atoms with Gasteiger partial charge in [-0.15, -0.1) is 6.92 Å². The molecule has 2 aromatic carbocycles. The summed E-state index contributed by atoms with van der Waals surface area (Å²) in [7, 11) is -2.15. The van der Waals surface area contributed by atoms with Gasteiger partial charge in [0, 0.05) is 0 Å². The van der Waals surface area contributed by atoms with Crippen LogP contribution in [0.2, 0.25) is 10.6 Å². The second-order valence-electron chi connectivity index (χ2n) is 7.82. The van der Waals surface area contributed by atoms with Crippen molar-refractivity contribution in [3.63, 3.8) is 0 Å². The van der Waals surface area contributed by atoms with Gasteiger partial charge in [-0.2, -0.15) is 11.1 Å². The molecule has 0 N–H and O–H groups in total. The van der Waals surface area contributed by atoms with Crippen molar-refractivity contribution in [2.45, 2.75) is 52.1 Å². The van der Waals surface area contributed by atoms with Gasteiger partial charge in [-0.05, 0) is 5.54 Å². The summed E-state index contributed by atoms with van der Waals surface area (Å²) in [6.45, 7) is 14.1. The summed E-state index contributed by atoms with van der Waals surface area (Å²) in [5.74, 6) is 0. The minimum atomic E-state index is -2.15. The average molecular weight is 439 g/mol. The molecule has 0 saturated heterocycles. The first-order valence-electron chi connectivity index (χ1n) is 9.26. The van der Waals surface area contributed by atoms with Gasteiger partial charge in [-0.25, -0.2) is 5.57 Å². The third-order valence-corrected chi connectivity index (χ3v) is 12.7. The Hall–Kier alpha value is -1.15. The molecule has 154 valence electrons. The molecule has 0 bridgehead atoms. The number of hydrogen-bond donors (Lipinski definition) is 0. The maximum atomic E-state index is 3.95. The van der Waals surface area contributed by atoms with E-state index in [0.717, 1.165) is 0 Å². The van der Waals surface area contributed by atoms with Crippen LogP contribution >= 0.6 is 0 Å². The molecule has 0 spiro atoms. The molecule has 2 heteroatoms. The molecular weight excluding hydrogens is 400 g/mol. The molecule has 0 radical (unpaired) electrons. The predicted molar refractivity (Wildman–Crippen MR) is 131 cm³/mol. The summed E-state index contributed by atoms with van der Waals surface area (Å²) in [5.41, 5.74) is 4.80. The molecule has 0 aromatic heterocycles. The standard InChI is InChI=1S/C24H29Si.3CH3.Ti/c1-18(2)25(22-13-9-7-10-14-22,23-15-11-8-12-16-23)24(6)17-19(3)20(4)21(24)5;;;;/h7-16,18H,1-6H3;3*1H3;/q4*-1;+4. The van der Waals surface area contributed by atoms with E-state index < -0.39 is 8.07 Å². The minimum absolute atomic E-state index is 0. The minimum Gasteiger partial charge on any atom is -0.358 e. The Morgan fingerprint density at radius 3 is 1.41 bits per heavy atom. The van der Waals surface area contributed by atoms with Crippen LogP contribution in [0.4, 0.5) is 0 Å². The van der Waals surface area contributed by atoms with Gasteiger partial charge in [0.1, 0.15) is 8.07 Å². The van der Waals surface area contributed by atoms with Crippen LogP contribution < -0.4 is 10.4 Å². The van der Waals surface area contributed by atoms with Gasteiger partial charge in [0.2, 0.25) is 0 Å². The topological polar surface area (TPSA) is 0 Å². The van der Waals surface area contributed by atoms with Crippen molar-refractivity contribution in [3.05, 3.63) is 106 Å². The quantitative estimate of drug-likeness (QED) is 0.361. The van der Waals surface area contributed by atoms with Crippen molar-refractivity contribution in [2.75, 3.05) is 0 Å². The molecule has 0 heterocycles. The molecule has 0 amide bonds. The fourth-order valence-electron chi connectivity index (χ4n) is 5.00. The first-order chi connectivity index (χ1) is 11.9. The maximum Gasteiger partial charge on any atom is 4.00 e.